The number of rotatable bonds is 10. The summed E-state index contributed by atoms with van der Waals surface area (Å²) in [5.41, 5.74) is 3.00. The maximum atomic E-state index is 11.1. The summed E-state index contributed by atoms with van der Waals surface area (Å²) in [5, 5.41) is 11.1. The van der Waals surface area contributed by atoms with Gasteiger partial charge in [-0.3, -0.25) is 0 Å². The van der Waals surface area contributed by atoms with E-state index in [1.165, 1.54) is 0 Å². The van der Waals surface area contributed by atoms with Gasteiger partial charge in [0.25, 0.3) is 5.79 Å². The van der Waals surface area contributed by atoms with Crippen LogP contribution in [0.5, 0.6) is 0 Å². The first kappa shape index (κ1) is 23.2. The molecule has 0 aromatic heterocycles. The molecule has 1 saturated heterocycles. The largest absolute Gasteiger partial charge is 0.374 e. The lowest BCUT2D eigenvalue weighted by molar-refractivity contribution is -0.204. The van der Waals surface area contributed by atoms with Crippen LogP contribution in [0.4, 0.5) is 0 Å². The van der Waals surface area contributed by atoms with Gasteiger partial charge in [-0.1, -0.05) is 91.0 Å². The van der Waals surface area contributed by atoms with Gasteiger partial charge in [-0.15, -0.1) is 6.42 Å². The highest BCUT2D eigenvalue weighted by atomic mass is 16.7. The minimum atomic E-state index is -1.92. The second-order valence-electron chi connectivity index (χ2n) is 7.98. The van der Waals surface area contributed by atoms with E-state index in [2.05, 4.69) is 5.92 Å². The Hall–Kier alpha value is -2.98. The van der Waals surface area contributed by atoms with E-state index >= 15 is 0 Å². The smallest absolute Gasteiger partial charge is 0.261 e. The maximum Gasteiger partial charge on any atom is 0.261 e. The SMILES string of the molecule is C#CC1(O)O[C@H](COCc2ccccc2)[C@H](OCc2ccccc2)[C@H]1OCc1ccccc1. The van der Waals surface area contributed by atoms with Crippen molar-refractivity contribution in [3.05, 3.63) is 108 Å². The Labute approximate surface area is 194 Å². The molecule has 0 bridgehead atoms. The third kappa shape index (κ3) is 6.08. The van der Waals surface area contributed by atoms with E-state index in [9.17, 15) is 5.11 Å². The summed E-state index contributed by atoms with van der Waals surface area (Å²) in [5.74, 6) is 0.446. The summed E-state index contributed by atoms with van der Waals surface area (Å²) in [6, 6.07) is 29.4. The van der Waals surface area contributed by atoms with Gasteiger partial charge in [-0.05, 0) is 22.6 Å². The zero-order valence-electron chi connectivity index (χ0n) is 18.4. The van der Waals surface area contributed by atoms with Gasteiger partial charge in [0, 0.05) is 0 Å². The molecular formula is C28H28O5. The molecule has 0 saturated carbocycles. The van der Waals surface area contributed by atoms with E-state index in [4.69, 9.17) is 25.4 Å². The van der Waals surface area contributed by atoms with Crippen LogP contribution >= 0.6 is 0 Å². The molecule has 5 heteroatoms. The van der Waals surface area contributed by atoms with Crippen LogP contribution < -0.4 is 0 Å². The number of aliphatic hydroxyl groups is 1. The van der Waals surface area contributed by atoms with Crippen molar-refractivity contribution < 1.29 is 24.1 Å². The van der Waals surface area contributed by atoms with Gasteiger partial charge in [0.1, 0.15) is 12.2 Å². The van der Waals surface area contributed by atoms with E-state index in [0.29, 0.717) is 13.2 Å². The lowest BCUT2D eigenvalue weighted by Crippen LogP contribution is -2.45. The van der Waals surface area contributed by atoms with E-state index in [1.807, 2.05) is 91.0 Å². The van der Waals surface area contributed by atoms with Crippen molar-refractivity contribution >= 4 is 0 Å². The third-order valence-corrected chi connectivity index (χ3v) is 5.54. The van der Waals surface area contributed by atoms with Gasteiger partial charge < -0.3 is 24.1 Å². The molecule has 0 radical (unpaired) electrons. The summed E-state index contributed by atoms with van der Waals surface area (Å²) in [4.78, 5) is 0. The normalized spacial score (nSPS) is 24.4. The summed E-state index contributed by atoms with van der Waals surface area (Å²) in [6.07, 6.45) is 3.58. The third-order valence-electron chi connectivity index (χ3n) is 5.54. The van der Waals surface area contributed by atoms with Crippen LogP contribution in [0.3, 0.4) is 0 Å². The Balaban J connectivity index is 1.48. The molecule has 1 aliphatic rings. The highest BCUT2D eigenvalue weighted by molar-refractivity contribution is 5.18. The number of hydrogen-bond donors (Lipinski definition) is 1. The summed E-state index contributed by atoms with van der Waals surface area (Å²) in [6.45, 7) is 1.21. The lowest BCUT2D eigenvalue weighted by atomic mass is 10.0. The monoisotopic (exact) mass is 444 g/mol. The van der Waals surface area contributed by atoms with Gasteiger partial charge in [-0.25, -0.2) is 0 Å². The molecule has 4 atom stereocenters. The minimum Gasteiger partial charge on any atom is -0.374 e. The Morgan fingerprint density at radius 1 is 0.758 bits per heavy atom. The first-order chi connectivity index (χ1) is 16.2. The van der Waals surface area contributed by atoms with Gasteiger partial charge >= 0.3 is 0 Å². The second-order valence-corrected chi connectivity index (χ2v) is 7.98. The van der Waals surface area contributed by atoms with Crippen LogP contribution in [0.1, 0.15) is 16.7 Å². The number of terminal acetylenes is 1. The zero-order chi connectivity index (χ0) is 22.9. The standard InChI is InChI=1S/C28H28O5/c1-2-28(29)27(32-20-24-16-10-5-11-17-24)26(31-19-23-14-8-4-9-15-23)25(33-28)21-30-18-22-12-6-3-7-13-22/h1,3-17,25-27,29H,18-21H2/t25-,26+,27-,28?/m1/s1. The average Bonchev–Trinajstić information content (AvgIpc) is 3.14. The molecule has 0 spiro atoms. The molecule has 0 aliphatic carbocycles. The van der Waals surface area contributed by atoms with Crippen LogP contribution in [0.15, 0.2) is 91.0 Å². The second kappa shape index (κ2) is 11.2. The molecule has 170 valence electrons. The first-order valence-electron chi connectivity index (χ1n) is 11.0. The summed E-state index contributed by atoms with van der Waals surface area (Å²) < 4.78 is 24.1. The molecular weight excluding hydrogens is 416 g/mol. The lowest BCUT2D eigenvalue weighted by Gasteiger charge is -2.26. The number of ether oxygens (including phenoxy) is 4. The maximum absolute atomic E-state index is 11.1. The molecule has 0 amide bonds. The van der Waals surface area contributed by atoms with Crippen LogP contribution in [-0.4, -0.2) is 35.8 Å². The quantitative estimate of drug-likeness (QED) is 0.477. The van der Waals surface area contributed by atoms with Crippen LogP contribution in [0, 0.1) is 12.3 Å². The molecule has 1 fully saturated rings. The van der Waals surface area contributed by atoms with E-state index in [-0.39, 0.29) is 13.2 Å². The zero-order valence-corrected chi connectivity index (χ0v) is 18.4. The van der Waals surface area contributed by atoms with Gasteiger partial charge in [0.05, 0.1) is 26.4 Å². The molecule has 1 heterocycles. The fourth-order valence-electron chi connectivity index (χ4n) is 3.82. The number of hydrogen-bond acceptors (Lipinski definition) is 5. The van der Waals surface area contributed by atoms with Gasteiger partial charge in [0.2, 0.25) is 0 Å². The van der Waals surface area contributed by atoms with Crippen molar-refractivity contribution in [2.75, 3.05) is 6.61 Å². The van der Waals surface area contributed by atoms with Crippen molar-refractivity contribution in [3.8, 4) is 12.3 Å². The van der Waals surface area contributed by atoms with E-state index < -0.39 is 24.1 Å². The average molecular weight is 445 g/mol. The Kier molecular flexibility index (Phi) is 7.90. The molecule has 4 rings (SSSR count). The molecule has 1 N–H and O–H groups in total. The van der Waals surface area contributed by atoms with E-state index in [1.54, 1.807) is 0 Å². The molecule has 3 aromatic carbocycles. The fraction of sp³-hybridized carbons (Fsp3) is 0.286. The summed E-state index contributed by atoms with van der Waals surface area (Å²) in [7, 11) is 0. The molecule has 5 nitrogen and oxygen atoms in total. The predicted molar refractivity (Wildman–Crippen MR) is 125 cm³/mol. The van der Waals surface area contributed by atoms with Crippen LogP contribution in [0.25, 0.3) is 0 Å². The summed E-state index contributed by atoms with van der Waals surface area (Å²) >= 11 is 0. The molecule has 33 heavy (non-hydrogen) atoms. The van der Waals surface area contributed by atoms with Crippen molar-refractivity contribution in [2.24, 2.45) is 0 Å². The van der Waals surface area contributed by atoms with Gasteiger partial charge in [-0.2, -0.15) is 0 Å². The van der Waals surface area contributed by atoms with Crippen molar-refractivity contribution in [1.82, 2.24) is 0 Å². The van der Waals surface area contributed by atoms with Gasteiger partial charge in [0.15, 0.2) is 6.10 Å². The van der Waals surface area contributed by atoms with E-state index in [0.717, 1.165) is 16.7 Å². The van der Waals surface area contributed by atoms with Crippen LogP contribution in [-0.2, 0) is 38.8 Å². The van der Waals surface area contributed by atoms with Crippen LogP contribution in [0.2, 0.25) is 0 Å². The van der Waals surface area contributed by atoms with Crippen molar-refractivity contribution in [3.63, 3.8) is 0 Å². The molecule has 3 aromatic rings. The first-order valence-corrected chi connectivity index (χ1v) is 11.0. The van der Waals surface area contributed by atoms with Crippen molar-refractivity contribution in [2.45, 2.75) is 43.9 Å². The molecule has 1 aliphatic heterocycles. The Morgan fingerprint density at radius 2 is 1.24 bits per heavy atom. The van der Waals surface area contributed by atoms with Crippen molar-refractivity contribution in [1.29, 1.82) is 0 Å². The Morgan fingerprint density at radius 3 is 1.76 bits per heavy atom. The fourth-order valence-corrected chi connectivity index (χ4v) is 3.82. The number of benzene rings is 3. The highest BCUT2D eigenvalue weighted by Crippen LogP contribution is 2.35. The Bertz CT molecular complexity index is 1020. The highest BCUT2D eigenvalue weighted by Gasteiger charge is 2.55. The molecule has 1 unspecified atom stereocenters. The minimum absolute atomic E-state index is 0.198. The topological polar surface area (TPSA) is 57.2 Å². The predicted octanol–water partition coefficient (Wildman–Crippen LogP) is 4.09.